The van der Waals surface area contributed by atoms with Crippen LogP contribution in [0.2, 0.25) is 0 Å². The number of anilines is 1. The summed E-state index contributed by atoms with van der Waals surface area (Å²) in [6.45, 7) is 2.28. The van der Waals surface area contributed by atoms with E-state index >= 15 is 0 Å². The molecule has 8 heteroatoms. The van der Waals surface area contributed by atoms with Gasteiger partial charge in [-0.1, -0.05) is 30.3 Å². The van der Waals surface area contributed by atoms with Gasteiger partial charge in [0.1, 0.15) is 0 Å². The summed E-state index contributed by atoms with van der Waals surface area (Å²) in [5, 5.41) is 21.9. The molecule has 1 aliphatic rings. The van der Waals surface area contributed by atoms with Crippen LogP contribution in [0.25, 0.3) is 16.6 Å². The highest BCUT2D eigenvalue weighted by Crippen LogP contribution is 2.34. The molecule has 1 aromatic heterocycles. The zero-order valence-electron chi connectivity index (χ0n) is 17.3. The third-order valence-electron chi connectivity index (χ3n) is 5.25. The molecule has 4 N–H and O–H groups in total. The highest BCUT2D eigenvalue weighted by Gasteiger charge is 2.24. The van der Waals surface area contributed by atoms with Crippen LogP contribution >= 0.6 is 0 Å². The van der Waals surface area contributed by atoms with Crippen LogP contribution in [0, 0.1) is 0 Å². The van der Waals surface area contributed by atoms with E-state index in [9.17, 15) is 9.59 Å². The number of nitrogens with zero attached hydrogens (tertiary/aromatic N) is 3. The molecule has 1 saturated heterocycles. The van der Waals surface area contributed by atoms with Crippen LogP contribution in [0.3, 0.4) is 0 Å². The van der Waals surface area contributed by atoms with Gasteiger partial charge in [0.2, 0.25) is 0 Å². The zero-order chi connectivity index (χ0) is 22.4. The van der Waals surface area contributed by atoms with Gasteiger partial charge in [-0.3, -0.25) is 0 Å². The molecule has 0 bridgehead atoms. The molecule has 0 saturated carbocycles. The van der Waals surface area contributed by atoms with Crippen LogP contribution in [-0.2, 0) is 9.59 Å². The average Bonchev–Trinajstić information content (AvgIpc) is 3.13. The van der Waals surface area contributed by atoms with E-state index in [1.165, 1.54) is 23.9 Å². The Hall–Kier alpha value is -3.65. The molecule has 31 heavy (non-hydrogen) atoms. The molecule has 1 aliphatic heterocycles. The molecular weight excluding hydrogens is 396 g/mol. The number of nitrogen functional groups attached to an aromatic ring is 1. The number of piperidine rings is 1. The minimum atomic E-state index is -1.26. The van der Waals surface area contributed by atoms with Crippen molar-refractivity contribution in [3.05, 3.63) is 66.4 Å². The molecule has 0 amide bonds. The van der Waals surface area contributed by atoms with Gasteiger partial charge in [-0.2, -0.15) is 5.10 Å². The fourth-order valence-corrected chi connectivity index (χ4v) is 3.68. The molecule has 4 rings (SSSR count). The maximum Gasteiger partial charge on any atom is 0.328 e. The molecule has 0 aliphatic carbocycles. The van der Waals surface area contributed by atoms with Crippen molar-refractivity contribution < 1.29 is 19.8 Å². The van der Waals surface area contributed by atoms with Gasteiger partial charge in [-0.25, -0.2) is 14.3 Å². The molecule has 3 aromatic rings. The molecular formula is C23H26N4O4. The first kappa shape index (κ1) is 22.0. The molecule has 0 radical (unpaired) electrons. The number of aromatic nitrogens is 2. The highest BCUT2D eigenvalue weighted by atomic mass is 16.4. The van der Waals surface area contributed by atoms with E-state index in [4.69, 9.17) is 21.0 Å². The largest absolute Gasteiger partial charge is 0.478 e. The van der Waals surface area contributed by atoms with Gasteiger partial charge in [-0.05, 0) is 51.2 Å². The molecule has 2 aromatic carbocycles. The summed E-state index contributed by atoms with van der Waals surface area (Å²) in [6, 6.07) is 16.4. The van der Waals surface area contributed by atoms with Crippen LogP contribution in [0.1, 0.15) is 24.5 Å². The maximum absolute atomic E-state index is 9.55. The Morgan fingerprint density at radius 3 is 2.19 bits per heavy atom. The molecule has 8 nitrogen and oxygen atoms in total. The van der Waals surface area contributed by atoms with Crippen molar-refractivity contribution >= 4 is 28.5 Å². The van der Waals surface area contributed by atoms with E-state index < -0.39 is 11.9 Å². The Morgan fingerprint density at radius 2 is 1.58 bits per heavy atom. The summed E-state index contributed by atoms with van der Waals surface area (Å²) in [7, 11) is 2.19. The van der Waals surface area contributed by atoms with E-state index in [1.54, 1.807) is 0 Å². The lowest BCUT2D eigenvalue weighted by atomic mass is 9.92. The van der Waals surface area contributed by atoms with E-state index in [0.717, 1.165) is 30.0 Å². The Bertz CT molecular complexity index is 1080. The number of carboxylic acids is 2. The van der Waals surface area contributed by atoms with Gasteiger partial charge in [0.05, 0.1) is 22.6 Å². The number of nitrogens with two attached hydrogens (primary N) is 1. The summed E-state index contributed by atoms with van der Waals surface area (Å²) in [5.41, 5.74) is 10.3. The van der Waals surface area contributed by atoms with Crippen LogP contribution in [0.4, 0.5) is 5.69 Å². The lowest BCUT2D eigenvalue weighted by Crippen LogP contribution is -2.29. The second-order valence-corrected chi connectivity index (χ2v) is 7.46. The topological polar surface area (TPSA) is 122 Å². The summed E-state index contributed by atoms with van der Waals surface area (Å²) in [6.07, 6.45) is 3.45. The van der Waals surface area contributed by atoms with Crippen LogP contribution in [0.5, 0.6) is 0 Å². The Morgan fingerprint density at radius 1 is 1.00 bits per heavy atom. The number of likely N-dealkylation sites (tertiary alicyclic amines) is 1. The first-order chi connectivity index (χ1) is 14.9. The monoisotopic (exact) mass is 422 g/mol. The minimum absolute atomic E-state index is 0.530. The highest BCUT2D eigenvalue weighted by molar-refractivity contribution is 5.89. The third kappa shape index (κ3) is 5.49. The molecule has 2 heterocycles. The fraction of sp³-hybridized carbons (Fsp3) is 0.261. The minimum Gasteiger partial charge on any atom is -0.478 e. The van der Waals surface area contributed by atoms with Crippen LogP contribution in [0.15, 0.2) is 60.7 Å². The standard InChI is InChI=1S/C19H22N4.C4H4O4/c1-22-12-10-14(11-13-22)19-15-6-2-4-8-17(15)23(21-19)18-9-5-3-7-16(18)20;5-3(6)1-2-4(7)8/h2-9,14H,10-13,20H2,1H3;1-2H,(H,5,6)(H,7,8)/b;2-1+. The van der Waals surface area contributed by atoms with Crippen molar-refractivity contribution in [2.24, 2.45) is 0 Å². The summed E-state index contributed by atoms with van der Waals surface area (Å²) in [4.78, 5) is 21.5. The molecule has 0 unspecified atom stereocenters. The van der Waals surface area contributed by atoms with E-state index in [-0.39, 0.29) is 0 Å². The van der Waals surface area contributed by atoms with Crippen LogP contribution < -0.4 is 5.73 Å². The third-order valence-corrected chi connectivity index (χ3v) is 5.25. The van der Waals surface area contributed by atoms with E-state index in [2.05, 4.69) is 36.2 Å². The van der Waals surface area contributed by atoms with Gasteiger partial charge in [0.15, 0.2) is 0 Å². The zero-order valence-corrected chi connectivity index (χ0v) is 17.3. The number of benzene rings is 2. The second-order valence-electron chi connectivity index (χ2n) is 7.46. The Balaban J connectivity index is 0.000000293. The van der Waals surface area contributed by atoms with E-state index in [0.29, 0.717) is 18.1 Å². The fourth-order valence-electron chi connectivity index (χ4n) is 3.68. The van der Waals surface area contributed by atoms with Crippen molar-refractivity contribution in [3.63, 3.8) is 0 Å². The molecule has 1 fully saturated rings. The molecule has 162 valence electrons. The number of carbonyl (C=O) groups is 2. The predicted molar refractivity (Wildman–Crippen MR) is 119 cm³/mol. The Labute approximate surface area is 180 Å². The van der Waals surface area contributed by atoms with E-state index in [1.807, 2.05) is 28.9 Å². The van der Waals surface area contributed by atoms with Gasteiger partial charge < -0.3 is 20.8 Å². The normalized spacial score (nSPS) is 15.0. The SMILES string of the molecule is CN1CCC(c2nn(-c3ccccc3N)c3ccccc23)CC1.O=C(O)/C=C/C(=O)O. The average molecular weight is 422 g/mol. The smallest absolute Gasteiger partial charge is 0.328 e. The maximum atomic E-state index is 9.55. The molecule has 0 atom stereocenters. The predicted octanol–water partition coefficient (Wildman–Crippen LogP) is 3.13. The van der Waals surface area contributed by atoms with Gasteiger partial charge in [0.25, 0.3) is 0 Å². The lowest BCUT2D eigenvalue weighted by molar-refractivity contribution is -0.134. The van der Waals surface area contributed by atoms with Crippen molar-refractivity contribution in [1.29, 1.82) is 0 Å². The number of para-hydroxylation sites is 3. The summed E-state index contributed by atoms with van der Waals surface area (Å²) < 4.78 is 2.01. The van der Waals surface area contributed by atoms with Crippen molar-refractivity contribution in [1.82, 2.24) is 14.7 Å². The van der Waals surface area contributed by atoms with Gasteiger partial charge in [-0.15, -0.1) is 0 Å². The number of aliphatic carboxylic acids is 2. The number of carboxylic acid groups (broad SMARTS) is 2. The van der Waals surface area contributed by atoms with Crippen molar-refractivity contribution in [3.8, 4) is 5.69 Å². The van der Waals surface area contributed by atoms with Crippen LogP contribution in [-0.4, -0.2) is 57.0 Å². The number of fused-ring (bicyclic) bond motifs is 1. The molecule has 0 spiro atoms. The first-order valence-electron chi connectivity index (χ1n) is 10.0. The first-order valence-corrected chi connectivity index (χ1v) is 10.0. The van der Waals surface area contributed by atoms with Crippen molar-refractivity contribution in [2.45, 2.75) is 18.8 Å². The number of hydrogen-bond donors (Lipinski definition) is 3. The summed E-state index contributed by atoms with van der Waals surface area (Å²) in [5.74, 6) is -1.98. The quantitative estimate of drug-likeness (QED) is 0.436. The number of hydrogen-bond acceptors (Lipinski definition) is 5. The van der Waals surface area contributed by atoms with Crippen molar-refractivity contribution in [2.75, 3.05) is 25.9 Å². The summed E-state index contributed by atoms with van der Waals surface area (Å²) >= 11 is 0. The Kier molecular flexibility index (Phi) is 7.04. The second kappa shape index (κ2) is 9.90. The lowest BCUT2D eigenvalue weighted by Gasteiger charge is -2.28. The van der Waals surface area contributed by atoms with Gasteiger partial charge in [0, 0.05) is 23.5 Å². The van der Waals surface area contributed by atoms with Gasteiger partial charge >= 0.3 is 11.9 Å². The number of rotatable bonds is 4.